The lowest BCUT2D eigenvalue weighted by Gasteiger charge is -2.17. The number of fused-ring (bicyclic) bond motifs is 1. The van der Waals surface area contributed by atoms with E-state index in [0.29, 0.717) is 17.9 Å². The SMILES string of the molecule is CCN(CC)CCCCOc1ccc2c(-c3ccc(C(F)(F)F)cc3)nsc2c1. The molecule has 7 heteroatoms. The van der Waals surface area contributed by atoms with Crippen molar-refractivity contribution in [2.45, 2.75) is 32.9 Å². The van der Waals surface area contributed by atoms with Gasteiger partial charge in [0.05, 0.1) is 22.6 Å². The molecule has 0 spiro atoms. The zero-order chi connectivity index (χ0) is 20.9. The van der Waals surface area contributed by atoms with Gasteiger partial charge in [-0.2, -0.15) is 17.5 Å². The van der Waals surface area contributed by atoms with Gasteiger partial charge in [0.15, 0.2) is 0 Å². The van der Waals surface area contributed by atoms with Crippen LogP contribution in [0.5, 0.6) is 5.75 Å². The number of hydrogen-bond donors (Lipinski definition) is 0. The molecule has 0 bridgehead atoms. The molecule has 3 aromatic rings. The molecule has 0 saturated carbocycles. The second-order valence-corrected chi connectivity index (χ2v) is 7.65. The number of hydrogen-bond acceptors (Lipinski definition) is 4. The van der Waals surface area contributed by atoms with E-state index in [0.717, 1.165) is 60.4 Å². The Morgan fingerprint density at radius 2 is 1.72 bits per heavy atom. The standard InChI is InChI=1S/C22H25F3N2OS/c1-3-27(4-2)13-5-6-14-28-18-11-12-19-20(15-18)29-26-21(19)16-7-9-17(10-8-16)22(23,24)25/h7-12,15H,3-6,13-14H2,1-2H3. The van der Waals surface area contributed by atoms with Crippen LogP contribution in [0, 0.1) is 0 Å². The predicted molar refractivity (Wildman–Crippen MR) is 113 cm³/mol. The van der Waals surface area contributed by atoms with Gasteiger partial charge in [-0.1, -0.05) is 26.0 Å². The smallest absolute Gasteiger partial charge is 0.416 e. The average molecular weight is 423 g/mol. The van der Waals surface area contributed by atoms with Gasteiger partial charge in [-0.3, -0.25) is 0 Å². The highest BCUT2D eigenvalue weighted by atomic mass is 32.1. The summed E-state index contributed by atoms with van der Waals surface area (Å²) in [7, 11) is 0. The summed E-state index contributed by atoms with van der Waals surface area (Å²) in [6.07, 6.45) is -2.24. The number of ether oxygens (including phenoxy) is 1. The molecule has 0 aliphatic rings. The molecule has 0 aliphatic carbocycles. The quantitative estimate of drug-likeness (QED) is 0.369. The van der Waals surface area contributed by atoms with Gasteiger partial charge in [0.2, 0.25) is 0 Å². The maximum absolute atomic E-state index is 12.8. The highest BCUT2D eigenvalue weighted by Crippen LogP contribution is 2.35. The van der Waals surface area contributed by atoms with Gasteiger partial charge in [-0.25, -0.2) is 0 Å². The number of halogens is 3. The lowest BCUT2D eigenvalue weighted by molar-refractivity contribution is -0.137. The molecule has 0 atom stereocenters. The minimum atomic E-state index is -4.33. The molecule has 0 N–H and O–H groups in total. The van der Waals surface area contributed by atoms with E-state index >= 15 is 0 Å². The minimum absolute atomic E-state index is 0.655. The molecule has 3 nitrogen and oxygen atoms in total. The van der Waals surface area contributed by atoms with Crippen molar-refractivity contribution in [3.63, 3.8) is 0 Å². The van der Waals surface area contributed by atoms with E-state index in [9.17, 15) is 13.2 Å². The van der Waals surface area contributed by atoms with Gasteiger partial charge in [0, 0.05) is 10.9 Å². The minimum Gasteiger partial charge on any atom is -0.494 e. The van der Waals surface area contributed by atoms with Gasteiger partial charge < -0.3 is 9.64 Å². The van der Waals surface area contributed by atoms with Gasteiger partial charge in [0.1, 0.15) is 5.75 Å². The summed E-state index contributed by atoms with van der Waals surface area (Å²) in [6, 6.07) is 10.9. The first-order chi connectivity index (χ1) is 13.9. The Bertz CT molecular complexity index is 918. The molecule has 2 aromatic carbocycles. The molecular formula is C22H25F3N2OS. The Morgan fingerprint density at radius 3 is 2.38 bits per heavy atom. The highest BCUT2D eigenvalue weighted by molar-refractivity contribution is 7.13. The number of nitrogens with zero attached hydrogens (tertiary/aromatic N) is 2. The number of alkyl halides is 3. The van der Waals surface area contributed by atoms with E-state index in [4.69, 9.17) is 4.74 Å². The first kappa shape index (κ1) is 21.6. The van der Waals surface area contributed by atoms with Crippen LogP contribution in [0.15, 0.2) is 42.5 Å². The second-order valence-electron chi connectivity index (χ2n) is 6.85. The van der Waals surface area contributed by atoms with E-state index < -0.39 is 11.7 Å². The highest BCUT2D eigenvalue weighted by Gasteiger charge is 2.30. The summed E-state index contributed by atoms with van der Waals surface area (Å²) in [5, 5.41) is 0.920. The lowest BCUT2D eigenvalue weighted by Crippen LogP contribution is -2.24. The van der Waals surface area contributed by atoms with Crippen molar-refractivity contribution in [3.8, 4) is 17.0 Å². The first-order valence-electron chi connectivity index (χ1n) is 9.84. The zero-order valence-electron chi connectivity index (χ0n) is 16.6. The molecule has 156 valence electrons. The summed E-state index contributed by atoms with van der Waals surface area (Å²) in [4.78, 5) is 2.39. The topological polar surface area (TPSA) is 25.4 Å². The molecule has 0 unspecified atom stereocenters. The van der Waals surface area contributed by atoms with Crippen LogP contribution in [0.3, 0.4) is 0 Å². The third-order valence-corrected chi connectivity index (χ3v) is 5.77. The maximum atomic E-state index is 12.8. The molecular weight excluding hydrogens is 397 g/mol. The van der Waals surface area contributed by atoms with Crippen molar-refractivity contribution >= 4 is 21.6 Å². The monoisotopic (exact) mass is 422 g/mol. The Morgan fingerprint density at radius 1 is 1.00 bits per heavy atom. The molecule has 3 rings (SSSR count). The van der Waals surface area contributed by atoms with Crippen LogP contribution in [-0.4, -0.2) is 35.5 Å². The second kappa shape index (κ2) is 9.59. The van der Waals surface area contributed by atoms with Crippen molar-refractivity contribution in [1.29, 1.82) is 0 Å². The van der Waals surface area contributed by atoms with E-state index in [1.165, 1.54) is 23.7 Å². The summed E-state index contributed by atoms with van der Waals surface area (Å²) >= 11 is 1.33. The molecule has 29 heavy (non-hydrogen) atoms. The fourth-order valence-corrected chi connectivity index (χ4v) is 4.03. The Kier molecular flexibility index (Phi) is 7.14. The molecule has 0 amide bonds. The van der Waals surface area contributed by atoms with Crippen molar-refractivity contribution in [3.05, 3.63) is 48.0 Å². The summed E-state index contributed by atoms with van der Waals surface area (Å²) in [5.74, 6) is 0.794. The fourth-order valence-electron chi connectivity index (χ4n) is 3.20. The molecule has 0 aliphatic heterocycles. The number of benzene rings is 2. The Hall–Kier alpha value is -2.12. The largest absolute Gasteiger partial charge is 0.494 e. The van der Waals surface area contributed by atoms with Crippen molar-refractivity contribution in [2.75, 3.05) is 26.2 Å². The van der Waals surface area contributed by atoms with E-state index in [1.807, 2.05) is 18.2 Å². The van der Waals surface area contributed by atoms with Crippen LogP contribution in [0.2, 0.25) is 0 Å². The van der Waals surface area contributed by atoms with Crippen LogP contribution in [-0.2, 0) is 6.18 Å². The molecule has 0 radical (unpaired) electrons. The predicted octanol–water partition coefficient (Wildman–Crippen LogP) is 6.48. The Balaban J connectivity index is 1.62. The maximum Gasteiger partial charge on any atom is 0.416 e. The molecule has 1 heterocycles. The summed E-state index contributed by atoms with van der Waals surface area (Å²) in [6.45, 7) is 8.23. The van der Waals surface area contributed by atoms with Crippen molar-refractivity contribution < 1.29 is 17.9 Å². The van der Waals surface area contributed by atoms with Crippen LogP contribution >= 0.6 is 11.5 Å². The van der Waals surface area contributed by atoms with E-state index in [1.54, 1.807) is 0 Å². The third-order valence-electron chi connectivity index (χ3n) is 4.96. The van der Waals surface area contributed by atoms with E-state index in [-0.39, 0.29) is 0 Å². The van der Waals surface area contributed by atoms with Crippen molar-refractivity contribution in [2.24, 2.45) is 0 Å². The van der Waals surface area contributed by atoms with Crippen molar-refractivity contribution in [1.82, 2.24) is 9.27 Å². The zero-order valence-corrected chi connectivity index (χ0v) is 17.4. The third kappa shape index (κ3) is 5.48. The number of aromatic nitrogens is 1. The first-order valence-corrected chi connectivity index (χ1v) is 10.6. The van der Waals surface area contributed by atoms with Crippen LogP contribution in [0.1, 0.15) is 32.3 Å². The van der Waals surface area contributed by atoms with Gasteiger partial charge >= 0.3 is 6.18 Å². The average Bonchev–Trinajstić information content (AvgIpc) is 3.13. The van der Waals surface area contributed by atoms with E-state index in [2.05, 4.69) is 23.1 Å². The molecule has 0 saturated heterocycles. The van der Waals surface area contributed by atoms with Gasteiger partial charge in [-0.05, 0) is 74.3 Å². The Labute approximate surface area is 173 Å². The number of rotatable bonds is 9. The van der Waals surface area contributed by atoms with Gasteiger partial charge in [0.25, 0.3) is 0 Å². The summed E-state index contributed by atoms with van der Waals surface area (Å²) < 4.78 is 49.5. The van der Waals surface area contributed by atoms with Crippen LogP contribution in [0.25, 0.3) is 21.3 Å². The summed E-state index contributed by atoms with van der Waals surface area (Å²) in [5.41, 5.74) is 0.719. The fraction of sp³-hybridized carbons (Fsp3) is 0.409. The van der Waals surface area contributed by atoms with Crippen LogP contribution < -0.4 is 4.74 Å². The van der Waals surface area contributed by atoms with Crippen LogP contribution in [0.4, 0.5) is 13.2 Å². The normalized spacial score (nSPS) is 12.1. The van der Waals surface area contributed by atoms with Gasteiger partial charge in [-0.15, -0.1) is 0 Å². The molecule has 1 aromatic heterocycles. The molecule has 0 fully saturated rings. The number of unbranched alkanes of at least 4 members (excludes halogenated alkanes) is 1. The lowest BCUT2D eigenvalue weighted by atomic mass is 10.1.